The quantitative estimate of drug-likeness (QED) is 0.642. The van der Waals surface area contributed by atoms with Gasteiger partial charge in [-0.3, -0.25) is 0 Å². The fraction of sp³-hybridized carbons (Fsp3) is 0.385. The Kier molecular flexibility index (Phi) is 3.70. The molecule has 1 heteroatoms. The molecule has 0 N–H and O–H groups in total. The Morgan fingerprint density at radius 3 is 2.36 bits per heavy atom. The molecule has 1 aromatic carbocycles. The molecule has 0 saturated carbocycles. The average Bonchev–Trinajstić information content (AvgIpc) is 2.06. The fourth-order valence-corrected chi connectivity index (χ4v) is 2.14. The van der Waals surface area contributed by atoms with Crippen LogP contribution < -0.4 is 0 Å². The number of allylic oxidation sites excluding steroid dienone is 1. The zero-order valence-corrected chi connectivity index (χ0v) is 10.7. The minimum Gasteiger partial charge on any atom is -0.0866 e. The van der Waals surface area contributed by atoms with Crippen molar-refractivity contribution in [2.24, 2.45) is 0 Å². The number of aryl methyl sites for hydroxylation is 1. The zero-order chi connectivity index (χ0) is 10.6. The third kappa shape index (κ3) is 3.92. The van der Waals surface area contributed by atoms with Crippen LogP contribution in [0.4, 0.5) is 0 Å². The largest absolute Gasteiger partial charge is 0.0866 e. The summed E-state index contributed by atoms with van der Waals surface area (Å²) < 4.78 is 0. The van der Waals surface area contributed by atoms with Gasteiger partial charge in [0.15, 0.2) is 0 Å². The van der Waals surface area contributed by atoms with Crippen LogP contribution in [0, 0.1) is 6.92 Å². The minimum atomic E-state index is -0.915. The summed E-state index contributed by atoms with van der Waals surface area (Å²) in [6.45, 7) is 9.35. The van der Waals surface area contributed by atoms with E-state index in [4.69, 9.17) is 0 Å². The molecule has 0 amide bonds. The standard InChI is InChI=1S/C13H20Si/c1-12-8-5-6-9-13(12)10-7-11-14(2,3)4/h5-10H,11H2,1-4H3/b10-7+. The Labute approximate surface area is 88.7 Å². The first-order valence-electron chi connectivity index (χ1n) is 5.21. The Balaban J connectivity index is 2.65. The van der Waals surface area contributed by atoms with Gasteiger partial charge in [-0.15, -0.1) is 0 Å². The summed E-state index contributed by atoms with van der Waals surface area (Å²) in [5.41, 5.74) is 2.71. The fourth-order valence-electron chi connectivity index (χ4n) is 1.31. The Morgan fingerprint density at radius 2 is 1.79 bits per heavy atom. The molecule has 0 nitrogen and oxygen atoms in total. The molecule has 1 aromatic rings. The SMILES string of the molecule is Cc1ccccc1/C=C/C[Si](C)(C)C. The van der Waals surface area contributed by atoms with Gasteiger partial charge in [-0.05, 0) is 24.1 Å². The lowest BCUT2D eigenvalue weighted by Crippen LogP contribution is -2.17. The molecule has 0 spiro atoms. The second-order valence-corrected chi connectivity index (χ2v) is 10.6. The van der Waals surface area contributed by atoms with Crippen LogP contribution in [0.2, 0.25) is 25.7 Å². The summed E-state index contributed by atoms with van der Waals surface area (Å²) in [5.74, 6) is 0. The summed E-state index contributed by atoms with van der Waals surface area (Å²) in [6, 6.07) is 9.79. The highest BCUT2D eigenvalue weighted by atomic mass is 28.3. The topological polar surface area (TPSA) is 0 Å². The highest BCUT2D eigenvalue weighted by Crippen LogP contribution is 2.13. The number of benzene rings is 1. The molecule has 0 aliphatic heterocycles. The van der Waals surface area contributed by atoms with Gasteiger partial charge in [0, 0.05) is 8.07 Å². The Hall–Kier alpha value is -0.823. The number of rotatable bonds is 3. The molecule has 0 fully saturated rings. The Bertz CT molecular complexity index is 318. The molecular weight excluding hydrogens is 184 g/mol. The smallest absolute Gasteiger partial charge is 0.0480 e. The number of hydrogen-bond acceptors (Lipinski definition) is 0. The van der Waals surface area contributed by atoms with Crippen LogP contribution in [0.15, 0.2) is 30.3 Å². The predicted molar refractivity (Wildman–Crippen MR) is 68.4 cm³/mol. The van der Waals surface area contributed by atoms with Gasteiger partial charge < -0.3 is 0 Å². The monoisotopic (exact) mass is 204 g/mol. The van der Waals surface area contributed by atoms with E-state index in [9.17, 15) is 0 Å². The van der Waals surface area contributed by atoms with Gasteiger partial charge in [0.25, 0.3) is 0 Å². The summed E-state index contributed by atoms with van der Waals surface area (Å²) in [7, 11) is -0.915. The maximum atomic E-state index is 2.40. The van der Waals surface area contributed by atoms with Gasteiger partial charge in [-0.1, -0.05) is 56.1 Å². The molecule has 0 aliphatic rings. The normalized spacial score (nSPS) is 12.3. The van der Waals surface area contributed by atoms with Crippen LogP contribution in [-0.4, -0.2) is 8.07 Å². The van der Waals surface area contributed by atoms with Crippen molar-refractivity contribution in [1.82, 2.24) is 0 Å². The van der Waals surface area contributed by atoms with Crippen LogP contribution in [0.25, 0.3) is 6.08 Å². The van der Waals surface area contributed by atoms with Crippen molar-refractivity contribution in [2.45, 2.75) is 32.6 Å². The molecule has 0 atom stereocenters. The second-order valence-electron chi connectivity index (χ2n) is 5.02. The van der Waals surface area contributed by atoms with Gasteiger partial charge >= 0.3 is 0 Å². The maximum absolute atomic E-state index is 2.40. The van der Waals surface area contributed by atoms with E-state index >= 15 is 0 Å². The van der Waals surface area contributed by atoms with Crippen molar-refractivity contribution in [2.75, 3.05) is 0 Å². The van der Waals surface area contributed by atoms with E-state index in [-0.39, 0.29) is 0 Å². The summed E-state index contributed by atoms with van der Waals surface area (Å²) in [4.78, 5) is 0. The molecule has 0 unspecified atom stereocenters. The van der Waals surface area contributed by atoms with Gasteiger partial charge in [-0.2, -0.15) is 0 Å². The van der Waals surface area contributed by atoms with E-state index in [1.807, 2.05) is 0 Å². The van der Waals surface area contributed by atoms with Crippen LogP contribution in [0.3, 0.4) is 0 Å². The first-order chi connectivity index (χ1) is 6.49. The molecule has 76 valence electrons. The van der Waals surface area contributed by atoms with Gasteiger partial charge in [0.1, 0.15) is 0 Å². The van der Waals surface area contributed by atoms with Crippen LogP contribution >= 0.6 is 0 Å². The van der Waals surface area contributed by atoms with Crippen LogP contribution in [0.5, 0.6) is 0 Å². The van der Waals surface area contributed by atoms with Crippen molar-refractivity contribution in [3.05, 3.63) is 41.5 Å². The number of hydrogen-bond donors (Lipinski definition) is 0. The molecular formula is C13H20Si. The van der Waals surface area contributed by atoms with Crippen LogP contribution in [0.1, 0.15) is 11.1 Å². The third-order valence-corrected chi connectivity index (χ3v) is 3.68. The summed E-state index contributed by atoms with van der Waals surface area (Å²) in [6.07, 6.45) is 4.59. The van der Waals surface area contributed by atoms with E-state index in [0.717, 1.165) is 0 Å². The summed E-state index contributed by atoms with van der Waals surface area (Å²) in [5, 5.41) is 0. The van der Waals surface area contributed by atoms with Gasteiger partial charge in [-0.25, -0.2) is 0 Å². The van der Waals surface area contributed by atoms with E-state index in [2.05, 4.69) is 63.0 Å². The van der Waals surface area contributed by atoms with E-state index in [1.54, 1.807) is 0 Å². The van der Waals surface area contributed by atoms with E-state index in [1.165, 1.54) is 17.2 Å². The van der Waals surface area contributed by atoms with Gasteiger partial charge in [0.2, 0.25) is 0 Å². The van der Waals surface area contributed by atoms with Crippen molar-refractivity contribution < 1.29 is 0 Å². The average molecular weight is 204 g/mol. The minimum absolute atomic E-state index is 0.915. The zero-order valence-electron chi connectivity index (χ0n) is 9.67. The van der Waals surface area contributed by atoms with Crippen molar-refractivity contribution in [1.29, 1.82) is 0 Å². The first kappa shape index (κ1) is 11.3. The lowest BCUT2D eigenvalue weighted by Gasteiger charge is -2.11. The van der Waals surface area contributed by atoms with E-state index < -0.39 is 8.07 Å². The molecule has 0 saturated heterocycles. The third-order valence-electron chi connectivity index (χ3n) is 2.22. The molecule has 0 radical (unpaired) electrons. The molecule has 0 aliphatic carbocycles. The van der Waals surface area contributed by atoms with E-state index in [0.29, 0.717) is 0 Å². The van der Waals surface area contributed by atoms with Gasteiger partial charge in [0.05, 0.1) is 0 Å². The lowest BCUT2D eigenvalue weighted by molar-refractivity contribution is 1.43. The molecule has 0 aromatic heterocycles. The summed E-state index contributed by atoms with van der Waals surface area (Å²) >= 11 is 0. The second kappa shape index (κ2) is 4.60. The highest BCUT2D eigenvalue weighted by Gasteiger charge is 2.09. The lowest BCUT2D eigenvalue weighted by atomic mass is 10.1. The highest BCUT2D eigenvalue weighted by molar-refractivity contribution is 6.76. The van der Waals surface area contributed by atoms with Crippen molar-refractivity contribution in [3.8, 4) is 0 Å². The predicted octanol–water partition coefficient (Wildman–Crippen LogP) is 4.35. The molecule has 0 bridgehead atoms. The van der Waals surface area contributed by atoms with Crippen LogP contribution in [-0.2, 0) is 0 Å². The van der Waals surface area contributed by atoms with Crippen molar-refractivity contribution in [3.63, 3.8) is 0 Å². The van der Waals surface area contributed by atoms with Crippen molar-refractivity contribution >= 4 is 14.1 Å². The Morgan fingerprint density at radius 1 is 1.14 bits per heavy atom. The maximum Gasteiger partial charge on any atom is 0.0480 e. The molecule has 14 heavy (non-hydrogen) atoms. The molecule has 0 heterocycles. The first-order valence-corrected chi connectivity index (χ1v) is 8.92. The molecule has 1 rings (SSSR count).